The van der Waals surface area contributed by atoms with Gasteiger partial charge in [-0.05, 0) is 12.5 Å². The normalized spacial score (nSPS) is 14.2. The second-order valence-corrected chi connectivity index (χ2v) is 4.89. The van der Waals surface area contributed by atoms with Crippen molar-refractivity contribution in [2.45, 2.75) is 18.5 Å². The standard InChI is InChI=1S/C14H16F3NO4/c1-13(12(20)21,10-5-3-2-4-6-10)8-18-11(19)7-22-9-14(15,16)17/h2-6H,7-9H2,1H3,(H,18,19)(H,20,21). The van der Waals surface area contributed by atoms with Gasteiger partial charge in [0.05, 0.1) is 0 Å². The second-order valence-electron chi connectivity index (χ2n) is 4.89. The number of carboxylic acid groups (broad SMARTS) is 1. The molecule has 2 N–H and O–H groups in total. The van der Waals surface area contributed by atoms with Gasteiger partial charge in [0.15, 0.2) is 0 Å². The van der Waals surface area contributed by atoms with Crippen molar-refractivity contribution in [3.8, 4) is 0 Å². The highest BCUT2D eigenvalue weighted by Gasteiger charge is 2.35. The Bertz CT molecular complexity index is 519. The zero-order valence-corrected chi connectivity index (χ0v) is 11.8. The summed E-state index contributed by atoms with van der Waals surface area (Å²) in [6, 6.07) is 8.23. The highest BCUT2D eigenvalue weighted by molar-refractivity contribution is 5.83. The smallest absolute Gasteiger partial charge is 0.411 e. The first kappa shape index (κ1) is 18.0. The SMILES string of the molecule is CC(CNC(=O)COCC(F)(F)F)(C(=O)O)c1ccccc1. The Morgan fingerprint density at radius 1 is 1.23 bits per heavy atom. The number of carboxylic acids is 1. The first-order valence-electron chi connectivity index (χ1n) is 6.35. The molecule has 0 fully saturated rings. The summed E-state index contributed by atoms with van der Waals surface area (Å²) in [4.78, 5) is 22.9. The lowest BCUT2D eigenvalue weighted by Gasteiger charge is -2.25. The molecule has 0 saturated heterocycles. The fourth-order valence-electron chi connectivity index (χ4n) is 1.69. The van der Waals surface area contributed by atoms with E-state index in [4.69, 9.17) is 0 Å². The van der Waals surface area contributed by atoms with Crippen molar-refractivity contribution in [1.29, 1.82) is 0 Å². The minimum Gasteiger partial charge on any atom is -0.481 e. The van der Waals surface area contributed by atoms with Crippen LogP contribution in [0.15, 0.2) is 30.3 Å². The van der Waals surface area contributed by atoms with Crippen molar-refractivity contribution < 1.29 is 32.6 Å². The Kier molecular flexibility index (Phi) is 5.92. The summed E-state index contributed by atoms with van der Waals surface area (Å²) in [6.07, 6.45) is -4.51. The van der Waals surface area contributed by atoms with E-state index in [2.05, 4.69) is 10.1 Å². The number of halogens is 3. The number of nitrogens with one attached hydrogen (secondary N) is 1. The Hall–Kier alpha value is -2.09. The quantitative estimate of drug-likeness (QED) is 0.802. The van der Waals surface area contributed by atoms with Gasteiger partial charge in [-0.2, -0.15) is 13.2 Å². The number of carbonyl (C=O) groups excluding carboxylic acids is 1. The van der Waals surface area contributed by atoms with Crippen LogP contribution in [0, 0.1) is 0 Å². The molecular formula is C14H16F3NO4. The van der Waals surface area contributed by atoms with Gasteiger partial charge in [-0.3, -0.25) is 9.59 Å². The lowest BCUT2D eigenvalue weighted by molar-refractivity contribution is -0.175. The highest BCUT2D eigenvalue weighted by Crippen LogP contribution is 2.23. The van der Waals surface area contributed by atoms with Crippen molar-refractivity contribution in [2.75, 3.05) is 19.8 Å². The summed E-state index contributed by atoms with van der Waals surface area (Å²) >= 11 is 0. The third-order valence-corrected chi connectivity index (χ3v) is 3.02. The molecule has 1 amide bonds. The van der Waals surface area contributed by atoms with Crippen molar-refractivity contribution >= 4 is 11.9 Å². The van der Waals surface area contributed by atoms with Crippen LogP contribution in [0.4, 0.5) is 13.2 Å². The minimum atomic E-state index is -4.51. The van der Waals surface area contributed by atoms with Crippen molar-refractivity contribution in [1.82, 2.24) is 5.32 Å². The van der Waals surface area contributed by atoms with E-state index < -0.39 is 36.7 Å². The molecule has 0 aromatic heterocycles. The Morgan fingerprint density at radius 2 is 1.82 bits per heavy atom. The molecule has 0 heterocycles. The fraction of sp³-hybridized carbons (Fsp3) is 0.429. The molecule has 0 aliphatic heterocycles. The Labute approximate surface area is 125 Å². The molecule has 0 aliphatic rings. The molecule has 0 aliphatic carbocycles. The number of hydrogen-bond donors (Lipinski definition) is 2. The average Bonchev–Trinajstić information content (AvgIpc) is 2.44. The van der Waals surface area contributed by atoms with Crippen molar-refractivity contribution in [3.05, 3.63) is 35.9 Å². The number of rotatable bonds is 7. The van der Waals surface area contributed by atoms with Crippen LogP contribution >= 0.6 is 0 Å². The minimum absolute atomic E-state index is 0.263. The Balaban J connectivity index is 2.59. The first-order chi connectivity index (χ1) is 10.1. The molecule has 1 rings (SSSR count). The van der Waals surface area contributed by atoms with Crippen LogP contribution in [-0.2, 0) is 19.7 Å². The molecular weight excluding hydrogens is 303 g/mol. The molecule has 8 heteroatoms. The number of alkyl halides is 3. The monoisotopic (exact) mass is 319 g/mol. The third-order valence-electron chi connectivity index (χ3n) is 3.02. The van der Waals surface area contributed by atoms with Gasteiger partial charge >= 0.3 is 12.1 Å². The fourth-order valence-corrected chi connectivity index (χ4v) is 1.69. The number of hydrogen-bond acceptors (Lipinski definition) is 3. The predicted molar refractivity (Wildman–Crippen MR) is 71.3 cm³/mol. The topological polar surface area (TPSA) is 75.6 Å². The molecule has 0 bridgehead atoms. The van der Waals surface area contributed by atoms with Gasteiger partial charge in [0, 0.05) is 6.54 Å². The maximum Gasteiger partial charge on any atom is 0.411 e. The van der Waals surface area contributed by atoms with Crippen LogP contribution in [0.25, 0.3) is 0 Å². The van der Waals surface area contributed by atoms with Crippen LogP contribution in [0.3, 0.4) is 0 Å². The number of aliphatic carboxylic acids is 1. The maximum atomic E-state index is 11.9. The number of benzene rings is 1. The molecule has 5 nitrogen and oxygen atoms in total. The van der Waals surface area contributed by atoms with E-state index in [0.717, 1.165) is 0 Å². The van der Waals surface area contributed by atoms with E-state index in [-0.39, 0.29) is 6.54 Å². The molecule has 1 aromatic rings. The summed E-state index contributed by atoms with van der Waals surface area (Å²) < 4.78 is 39.8. The average molecular weight is 319 g/mol. The van der Waals surface area contributed by atoms with E-state index in [0.29, 0.717) is 5.56 Å². The largest absolute Gasteiger partial charge is 0.481 e. The van der Waals surface area contributed by atoms with E-state index in [9.17, 15) is 27.9 Å². The summed E-state index contributed by atoms with van der Waals surface area (Å²) in [5, 5.41) is 11.6. The molecule has 0 saturated carbocycles. The molecule has 22 heavy (non-hydrogen) atoms. The predicted octanol–water partition coefficient (Wildman–Crippen LogP) is 1.72. The lowest BCUT2D eigenvalue weighted by atomic mass is 9.82. The summed E-state index contributed by atoms with van der Waals surface area (Å²) in [7, 11) is 0. The highest BCUT2D eigenvalue weighted by atomic mass is 19.4. The van der Waals surface area contributed by atoms with Gasteiger partial charge in [0.25, 0.3) is 0 Å². The van der Waals surface area contributed by atoms with Crippen molar-refractivity contribution in [3.63, 3.8) is 0 Å². The number of amides is 1. The molecule has 1 aromatic carbocycles. The van der Waals surface area contributed by atoms with Gasteiger partial charge in [-0.25, -0.2) is 0 Å². The summed E-state index contributed by atoms with van der Waals surface area (Å²) in [5.74, 6) is -1.97. The van der Waals surface area contributed by atoms with Gasteiger partial charge in [0.2, 0.25) is 5.91 Å². The van der Waals surface area contributed by atoms with Gasteiger partial charge in [-0.1, -0.05) is 30.3 Å². The lowest BCUT2D eigenvalue weighted by Crippen LogP contribution is -2.45. The number of carbonyl (C=O) groups is 2. The summed E-state index contributed by atoms with van der Waals surface area (Å²) in [6.45, 7) is -1.17. The zero-order valence-electron chi connectivity index (χ0n) is 11.8. The molecule has 1 unspecified atom stereocenters. The van der Waals surface area contributed by atoms with E-state index >= 15 is 0 Å². The van der Waals surface area contributed by atoms with Crippen LogP contribution < -0.4 is 5.32 Å². The molecule has 122 valence electrons. The molecule has 0 radical (unpaired) electrons. The van der Waals surface area contributed by atoms with Crippen LogP contribution in [-0.4, -0.2) is 42.9 Å². The van der Waals surface area contributed by atoms with Gasteiger partial charge in [0.1, 0.15) is 18.6 Å². The third kappa shape index (κ3) is 5.36. The molecule has 1 atom stereocenters. The van der Waals surface area contributed by atoms with Crippen LogP contribution in [0.5, 0.6) is 0 Å². The van der Waals surface area contributed by atoms with Crippen molar-refractivity contribution in [2.24, 2.45) is 0 Å². The van der Waals surface area contributed by atoms with E-state index in [1.54, 1.807) is 30.3 Å². The van der Waals surface area contributed by atoms with Crippen LogP contribution in [0.1, 0.15) is 12.5 Å². The van der Waals surface area contributed by atoms with Crippen LogP contribution in [0.2, 0.25) is 0 Å². The van der Waals surface area contributed by atoms with Gasteiger partial charge in [-0.15, -0.1) is 0 Å². The second kappa shape index (κ2) is 7.26. The van der Waals surface area contributed by atoms with E-state index in [1.807, 2.05) is 0 Å². The van der Waals surface area contributed by atoms with E-state index in [1.165, 1.54) is 6.92 Å². The number of ether oxygens (including phenoxy) is 1. The maximum absolute atomic E-state index is 11.9. The first-order valence-corrected chi connectivity index (χ1v) is 6.35. The summed E-state index contributed by atoms with van der Waals surface area (Å²) in [5.41, 5.74) is -0.917. The Morgan fingerprint density at radius 3 is 2.32 bits per heavy atom. The zero-order chi connectivity index (χ0) is 16.8. The van der Waals surface area contributed by atoms with Gasteiger partial charge < -0.3 is 15.2 Å². The molecule has 0 spiro atoms.